The van der Waals surface area contributed by atoms with Gasteiger partial charge in [-0.2, -0.15) is 16.9 Å². The summed E-state index contributed by atoms with van der Waals surface area (Å²) in [6.07, 6.45) is 2.70. The smallest absolute Gasteiger partial charge is 0.287 e. The summed E-state index contributed by atoms with van der Waals surface area (Å²) in [5.41, 5.74) is 0.354. The number of anilines is 1. The largest absolute Gasteiger partial charge is 0.383 e. The molecule has 1 N–H and O–H groups in total. The summed E-state index contributed by atoms with van der Waals surface area (Å²) in [4.78, 5) is 11.9. The van der Waals surface area contributed by atoms with Crippen LogP contribution < -0.4 is 10.9 Å². The van der Waals surface area contributed by atoms with E-state index in [0.29, 0.717) is 24.9 Å². The molecule has 1 aliphatic heterocycles. The van der Waals surface area contributed by atoms with Crippen molar-refractivity contribution in [3.05, 3.63) is 21.6 Å². The molecule has 7 heteroatoms. The van der Waals surface area contributed by atoms with Crippen molar-refractivity contribution in [3.63, 3.8) is 0 Å². The van der Waals surface area contributed by atoms with Gasteiger partial charge in [-0.1, -0.05) is 11.6 Å². The number of rotatable bonds is 5. The number of aromatic nitrogens is 2. The Morgan fingerprint density at radius 3 is 3.22 bits per heavy atom. The van der Waals surface area contributed by atoms with Crippen molar-refractivity contribution < 1.29 is 4.74 Å². The monoisotopic (exact) mass is 289 g/mol. The second-order valence-corrected chi connectivity index (χ2v) is 5.63. The average molecular weight is 290 g/mol. The summed E-state index contributed by atoms with van der Waals surface area (Å²) in [7, 11) is 1.58. The maximum absolute atomic E-state index is 11.9. The van der Waals surface area contributed by atoms with Crippen molar-refractivity contribution >= 4 is 29.1 Å². The molecule has 2 heterocycles. The Morgan fingerprint density at radius 2 is 2.56 bits per heavy atom. The van der Waals surface area contributed by atoms with E-state index in [-0.39, 0.29) is 10.6 Å². The van der Waals surface area contributed by atoms with Gasteiger partial charge in [0, 0.05) is 18.9 Å². The van der Waals surface area contributed by atoms with Crippen molar-refractivity contribution in [1.29, 1.82) is 0 Å². The molecular weight excluding hydrogens is 274 g/mol. The van der Waals surface area contributed by atoms with Crippen molar-refractivity contribution in [2.24, 2.45) is 0 Å². The Kier molecular flexibility index (Phi) is 4.91. The van der Waals surface area contributed by atoms with E-state index < -0.39 is 0 Å². The molecule has 1 unspecified atom stereocenters. The minimum absolute atomic E-state index is 0.206. The topological polar surface area (TPSA) is 56.1 Å². The molecule has 0 aliphatic carbocycles. The van der Waals surface area contributed by atoms with Crippen LogP contribution >= 0.6 is 23.4 Å². The Balaban J connectivity index is 2.12. The number of methoxy groups -OCH3 is 1. The van der Waals surface area contributed by atoms with Crippen LogP contribution in [-0.4, -0.2) is 41.0 Å². The summed E-state index contributed by atoms with van der Waals surface area (Å²) in [5.74, 6) is 2.19. The summed E-state index contributed by atoms with van der Waals surface area (Å²) in [5, 5.41) is 7.57. The molecule has 0 saturated carbocycles. The molecule has 1 fully saturated rings. The maximum Gasteiger partial charge on any atom is 0.287 e. The molecule has 100 valence electrons. The third-order valence-corrected chi connectivity index (χ3v) is 4.31. The molecule has 0 amide bonds. The van der Waals surface area contributed by atoms with E-state index >= 15 is 0 Å². The molecular formula is C11H16ClN3O2S. The van der Waals surface area contributed by atoms with Crippen LogP contribution in [0.2, 0.25) is 5.02 Å². The lowest BCUT2D eigenvalue weighted by Gasteiger charge is -2.14. The highest BCUT2D eigenvalue weighted by molar-refractivity contribution is 7.99. The van der Waals surface area contributed by atoms with Crippen LogP contribution in [0.25, 0.3) is 0 Å². The number of thioether (sulfide) groups is 1. The standard InChI is InChI=1S/C11H16ClN3O2S/c1-17-4-3-15-11(16)10(12)9(6-13-15)14-8-2-5-18-7-8/h6,8,14H,2-5,7H2,1H3. The predicted octanol–water partition coefficient (Wildman–Crippen LogP) is 1.46. The van der Waals surface area contributed by atoms with Crippen LogP contribution in [0, 0.1) is 0 Å². The van der Waals surface area contributed by atoms with E-state index in [1.807, 2.05) is 11.8 Å². The van der Waals surface area contributed by atoms with Crippen LogP contribution in [0.1, 0.15) is 6.42 Å². The van der Waals surface area contributed by atoms with Gasteiger partial charge >= 0.3 is 0 Å². The normalized spacial score (nSPS) is 19.1. The fourth-order valence-corrected chi connectivity index (χ4v) is 3.12. The first-order chi connectivity index (χ1) is 8.72. The molecule has 5 nitrogen and oxygen atoms in total. The molecule has 0 bridgehead atoms. The molecule has 2 rings (SSSR count). The second-order valence-electron chi connectivity index (χ2n) is 4.10. The SMILES string of the molecule is COCCn1ncc(NC2CCSC2)c(Cl)c1=O. The minimum Gasteiger partial charge on any atom is -0.383 e. The van der Waals surface area contributed by atoms with Crippen molar-refractivity contribution in [2.75, 3.05) is 30.5 Å². The average Bonchev–Trinajstić information content (AvgIpc) is 2.87. The zero-order valence-electron chi connectivity index (χ0n) is 10.2. The van der Waals surface area contributed by atoms with Crippen LogP contribution in [0.3, 0.4) is 0 Å². The van der Waals surface area contributed by atoms with E-state index in [0.717, 1.165) is 17.9 Å². The van der Waals surface area contributed by atoms with Crippen LogP contribution in [-0.2, 0) is 11.3 Å². The number of halogens is 1. The lowest BCUT2D eigenvalue weighted by atomic mass is 10.2. The Morgan fingerprint density at radius 1 is 1.72 bits per heavy atom. The lowest BCUT2D eigenvalue weighted by Crippen LogP contribution is -2.27. The highest BCUT2D eigenvalue weighted by Gasteiger charge is 2.17. The van der Waals surface area contributed by atoms with Gasteiger partial charge in [-0.3, -0.25) is 4.79 Å². The molecule has 1 aromatic heterocycles. The zero-order chi connectivity index (χ0) is 13.0. The van der Waals surface area contributed by atoms with Crippen LogP contribution in [0.5, 0.6) is 0 Å². The van der Waals surface area contributed by atoms with E-state index in [9.17, 15) is 4.79 Å². The molecule has 18 heavy (non-hydrogen) atoms. The van der Waals surface area contributed by atoms with E-state index in [4.69, 9.17) is 16.3 Å². The lowest BCUT2D eigenvalue weighted by molar-refractivity contribution is 0.182. The molecule has 1 aromatic rings. The number of ether oxygens (including phenoxy) is 1. The molecule has 0 spiro atoms. The molecule has 0 aromatic carbocycles. The molecule has 1 saturated heterocycles. The number of nitrogens with zero attached hydrogens (tertiary/aromatic N) is 2. The first-order valence-corrected chi connectivity index (χ1v) is 7.34. The predicted molar refractivity (Wildman–Crippen MR) is 74.7 cm³/mol. The van der Waals surface area contributed by atoms with Crippen molar-refractivity contribution in [1.82, 2.24) is 9.78 Å². The first kappa shape index (κ1) is 13.7. The van der Waals surface area contributed by atoms with Crippen LogP contribution in [0.15, 0.2) is 11.0 Å². The summed E-state index contributed by atoms with van der Waals surface area (Å²) in [6, 6.07) is 0.378. The highest BCUT2D eigenvalue weighted by atomic mass is 35.5. The third kappa shape index (κ3) is 3.18. The molecule has 1 aliphatic rings. The maximum atomic E-state index is 11.9. The number of hydrogen-bond donors (Lipinski definition) is 1. The van der Waals surface area contributed by atoms with Gasteiger partial charge in [-0.05, 0) is 12.2 Å². The summed E-state index contributed by atoms with van der Waals surface area (Å²) in [6.45, 7) is 0.851. The zero-order valence-corrected chi connectivity index (χ0v) is 11.8. The van der Waals surface area contributed by atoms with E-state index in [1.165, 1.54) is 4.68 Å². The van der Waals surface area contributed by atoms with Gasteiger partial charge in [-0.25, -0.2) is 4.68 Å². The van der Waals surface area contributed by atoms with Crippen molar-refractivity contribution in [3.8, 4) is 0 Å². The summed E-state index contributed by atoms with van der Waals surface area (Å²) >= 11 is 7.97. The summed E-state index contributed by atoms with van der Waals surface area (Å²) < 4.78 is 6.24. The van der Waals surface area contributed by atoms with Gasteiger partial charge in [-0.15, -0.1) is 0 Å². The Bertz CT molecular complexity index is 460. The minimum atomic E-state index is -0.274. The van der Waals surface area contributed by atoms with Gasteiger partial charge in [0.15, 0.2) is 0 Å². The second kappa shape index (κ2) is 6.45. The van der Waals surface area contributed by atoms with Gasteiger partial charge in [0.25, 0.3) is 5.56 Å². The van der Waals surface area contributed by atoms with Gasteiger partial charge in [0.1, 0.15) is 5.02 Å². The molecule has 1 atom stereocenters. The van der Waals surface area contributed by atoms with E-state index in [2.05, 4.69) is 10.4 Å². The van der Waals surface area contributed by atoms with Gasteiger partial charge < -0.3 is 10.1 Å². The highest BCUT2D eigenvalue weighted by Crippen LogP contribution is 2.23. The van der Waals surface area contributed by atoms with Gasteiger partial charge in [0.05, 0.1) is 25.0 Å². The number of nitrogens with one attached hydrogen (secondary N) is 1. The Labute approximate surface area is 115 Å². The molecule has 0 radical (unpaired) electrons. The quantitative estimate of drug-likeness (QED) is 0.889. The van der Waals surface area contributed by atoms with Crippen molar-refractivity contribution in [2.45, 2.75) is 19.0 Å². The fraction of sp³-hybridized carbons (Fsp3) is 0.636. The Hall–Kier alpha value is -0.720. The third-order valence-electron chi connectivity index (χ3n) is 2.78. The van der Waals surface area contributed by atoms with Gasteiger partial charge in [0.2, 0.25) is 0 Å². The van der Waals surface area contributed by atoms with E-state index in [1.54, 1.807) is 13.3 Å². The number of hydrogen-bond acceptors (Lipinski definition) is 5. The first-order valence-electron chi connectivity index (χ1n) is 5.81. The van der Waals surface area contributed by atoms with Crippen LogP contribution in [0.4, 0.5) is 5.69 Å². The fourth-order valence-electron chi connectivity index (χ4n) is 1.77.